The molecule has 1 rings (SSSR count). The molecule has 94 valence electrons. The van der Waals surface area contributed by atoms with Gasteiger partial charge in [0.1, 0.15) is 5.82 Å². The number of carboxylic acids is 1. The maximum atomic E-state index is 10.8. The van der Waals surface area contributed by atoms with Crippen molar-refractivity contribution in [2.75, 3.05) is 0 Å². The monoisotopic (exact) mass is 236 g/mol. The van der Waals surface area contributed by atoms with E-state index in [0.717, 1.165) is 17.8 Å². The van der Waals surface area contributed by atoms with Gasteiger partial charge >= 0.3 is 5.97 Å². The Bertz CT molecular complexity index is 402. The average molecular weight is 236 g/mol. The van der Waals surface area contributed by atoms with Crippen molar-refractivity contribution in [1.29, 1.82) is 0 Å². The van der Waals surface area contributed by atoms with Crippen LogP contribution in [0.4, 0.5) is 0 Å². The molecule has 1 aromatic heterocycles. The van der Waals surface area contributed by atoms with Crippen molar-refractivity contribution in [1.82, 2.24) is 9.97 Å². The summed E-state index contributed by atoms with van der Waals surface area (Å²) in [7, 11) is 0. The van der Waals surface area contributed by atoms with Crippen LogP contribution in [0.3, 0.4) is 0 Å². The van der Waals surface area contributed by atoms with Gasteiger partial charge in [-0.2, -0.15) is 0 Å². The standard InChI is InChI=1S/C13H20N2O2/c1-8(2)5-11-7-10(4)14-12(15-11)6-9(3)13(16)17/h7-9H,5-6H2,1-4H3,(H,16,17). The molecule has 0 saturated carbocycles. The van der Waals surface area contributed by atoms with Crippen LogP contribution >= 0.6 is 0 Å². The van der Waals surface area contributed by atoms with Crippen LogP contribution in [0.25, 0.3) is 0 Å². The van der Waals surface area contributed by atoms with E-state index in [9.17, 15) is 4.79 Å². The molecule has 1 atom stereocenters. The third-order valence-corrected chi connectivity index (χ3v) is 2.48. The number of aryl methyl sites for hydroxylation is 1. The van der Waals surface area contributed by atoms with Crippen molar-refractivity contribution >= 4 is 5.97 Å². The molecule has 0 aliphatic heterocycles. The number of carbonyl (C=O) groups is 1. The SMILES string of the molecule is Cc1cc(CC(C)C)nc(CC(C)C(=O)O)n1. The lowest BCUT2D eigenvalue weighted by molar-refractivity contribution is -0.141. The number of aliphatic carboxylic acids is 1. The van der Waals surface area contributed by atoms with Crippen molar-refractivity contribution in [2.45, 2.75) is 40.5 Å². The summed E-state index contributed by atoms with van der Waals surface area (Å²) in [4.78, 5) is 19.5. The molecule has 1 unspecified atom stereocenters. The molecule has 0 aromatic carbocycles. The predicted molar refractivity (Wildman–Crippen MR) is 65.8 cm³/mol. The summed E-state index contributed by atoms with van der Waals surface area (Å²) in [5, 5.41) is 8.87. The number of aromatic nitrogens is 2. The molecule has 17 heavy (non-hydrogen) atoms. The molecule has 0 radical (unpaired) electrons. The Kier molecular flexibility index (Phi) is 4.61. The van der Waals surface area contributed by atoms with Gasteiger partial charge < -0.3 is 5.11 Å². The van der Waals surface area contributed by atoms with Crippen LogP contribution in [-0.2, 0) is 17.6 Å². The number of hydrogen-bond donors (Lipinski definition) is 1. The molecule has 4 nitrogen and oxygen atoms in total. The Morgan fingerprint density at radius 3 is 2.47 bits per heavy atom. The zero-order chi connectivity index (χ0) is 13.0. The lowest BCUT2D eigenvalue weighted by atomic mass is 10.1. The first-order valence-corrected chi connectivity index (χ1v) is 5.94. The van der Waals surface area contributed by atoms with E-state index in [4.69, 9.17) is 5.11 Å². The first-order chi connectivity index (χ1) is 7.88. The summed E-state index contributed by atoms with van der Waals surface area (Å²) < 4.78 is 0. The fraction of sp³-hybridized carbons (Fsp3) is 0.615. The third kappa shape index (κ3) is 4.51. The Balaban J connectivity index is 2.85. The molecular formula is C13H20N2O2. The lowest BCUT2D eigenvalue weighted by Gasteiger charge is -2.09. The van der Waals surface area contributed by atoms with E-state index in [-0.39, 0.29) is 0 Å². The fourth-order valence-corrected chi connectivity index (χ4v) is 1.68. The Morgan fingerprint density at radius 1 is 1.29 bits per heavy atom. The van der Waals surface area contributed by atoms with Crippen LogP contribution in [0.1, 0.15) is 38.0 Å². The van der Waals surface area contributed by atoms with E-state index >= 15 is 0 Å². The van der Waals surface area contributed by atoms with Gasteiger partial charge in [0.05, 0.1) is 5.92 Å². The molecule has 1 aromatic rings. The van der Waals surface area contributed by atoms with E-state index in [0.29, 0.717) is 18.2 Å². The minimum Gasteiger partial charge on any atom is -0.481 e. The van der Waals surface area contributed by atoms with Crippen LogP contribution in [0, 0.1) is 18.8 Å². The van der Waals surface area contributed by atoms with E-state index in [2.05, 4.69) is 23.8 Å². The average Bonchev–Trinajstić information content (AvgIpc) is 2.14. The third-order valence-electron chi connectivity index (χ3n) is 2.48. The summed E-state index contributed by atoms with van der Waals surface area (Å²) in [5.41, 5.74) is 1.91. The van der Waals surface area contributed by atoms with Crippen molar-refractivity contribution in [3.63, 3.8) is 0 Å². The molecule has 4 heteroatoms. The molecule has 0 amide bonds. The minimum atomic E-state index is -0.805. The summed E-state index contributed by atoms with van der Waals surface area (Å²) in [6, 6.07) is 1.97. The maximum Gasteiger partial charge on any atom is 0.306 e. The highest BCUT2D eigenvalue weighted by atomic mass is 16.4. The molecule has 0 fully saturated rings. The first-order valence-electron chi connectivity index (χ1n) is 5.94. The van der Waals surface area contributed by atoms with E-state index in [1.807, 2.05) is 13.0 Å². The van der Waals surface area contributed by atoms with Crippen molar-refractivity contribution in [3.05, 3.63) is 23.3 Å². The zero-order valence-electron chi connectivity index (χ0n) is 10.9. The molecular weight excluding hydrogens is 216 g/mol. The summed E-state index contributed by atoms with van der Waals surface area (Å²) in [5.74, 6) is -0.0752. The molecule has 0 saturated heterocycles. The molecule has 0 bridgehead atoms. The van der Waals surface area contributed by atoms with Crippen LogP contribution < -0.4 is 0 Å². The zero-order valence-corrected chi connectivity index (χ0v) is 10.9. The van der Waals surface area contributed by atoms with E-state index in [1.54, 1.807) is 6.92 Å². The van der Waals surface area contributed by atoms with Gasteiger partial charge in [0, 0.05) is 17.8 Å². The van der Waals surface area contributed by atoms with Crippen LogP contribution in [0.2, 0.25) is 0 Å². The molecule has 0 aliphatic carbocycles. The summed E-state index contributed by atoms with van der Waals surface area (Å²) in [6.07, 6.45) is 1.29. The Labute approximate surface area is 102 Å². The predicted octanol–water partition coefficient (Wildman–Crippen LogP) is 2.25. The summed E-state index contributed by atoms with van der Waals surface area (Å²) in [6.45, 7) is 7.87. The second-order valence-electron chi connectivity index (χ2n) is 4.96. The van der Waals surface area contributed by atoms with Crippen LogP contribution in [0.15, 0.2) is 6.07 Å². The lowest BCUT2D eigenvalue weighted by Crippen LogP contribution is -2.15. The Morgan fingerprint density at radius 2 is 1.94 bits per heavy atom. The maximum absolute atomic E-state index is 10.8. The van der Waals surface area contributed by atoms with Crippen molar-refractivity contribution < 1.29 is 9.90 Å². The van der Waals surface area contributed by atoms with Gasteiger partial charge in [-0.05, 0) is 25.3 Å². The van der Waals surface area contributed by atoms with Crippen molar-refractivity contribution in [3.8, 4) is 0 Å². The minimum absolute atomic E-state index is 0.391. The largest absolute Gasteiger partial charge is 0.481 e. The van der Waals surface area contributed by atoms with Gasteiger partial charge in [-0.25, -0.2) is 9.97 Å². The number of carboxylic acid groups (broad SMARTS) is 1. The topological polar surface area (TPSA) is 63.1 Å². The number of nitrogens with zero attached hydrogens (tertiary/aromatic N) is 2. The van der Waals surface area contributed by atoms with Crippen LogP contribution in [-0.4, -0.2) is 21.0 Å². The first kappa shape index (κ1) is 13.6. The van der Waals surface area contributed by atoms with Gasteiger partial charge in [-0.3, -0.25) is 4.79 Å². The van der Waals surface area contributed by atoms with Gasteiger partial charge in [0.25, 0.3) is 0 Å². The normalized spacial score (nSPS) is 12.8. The smallest absolute Gasteiger partial charge is 0.306 e. The van der Waals surface area contributed by atoms with Gasteiger partial charge in [0.15, 0.2) is 0 Å². The highest BCUT2D eigenvalue weighted by Gasteiger charge is 2.14. The van der Waals surface area contributed by atoms with Crippen molar-refractivity contribution in [2.24, 2.45) is 11.8 Å². The van der Waals surface area contributed by atoms with E-state index < -0.39 is 11.9 Å². The molecule has 1 heterocycles. The van der Waals surface area contributed by atoms with Gasteiger partial charge in [0.2, 0.25) is 0 Å². The highest BCUT2D eigenvalue weighted by Crippen LogP contribution is 2.10. The quantitative estimate of drug-likeness (QED) is 0.851. The molecule has 0 spiro atoms. The molecule has 0 aliphatic rings. The second kappa shape index (κ2) is 5.75. The Hall–Kier alpha value is -1.45. The second-order valence-corrected chi connectivity index (χ2v) is 4.96. The molecule has 1 N–H and O–H groups in total. The highest BCUT2D eigenvalue weighted by molar-refractivity contribution is 5.69. The summed E-state index contributed by atoms with van der Waals surface area (Å²) >= 11 is 0. The van der Waals surface area contributed by atoms with E-state index in [1.165, 1.54) is 0 Å². The van der Waals surface area contributed by atoms with Gasteiger partial charge in [-0.15, -0.1) is 0 Å². The number of rotatable bonds is 5. The van der Waals surface area contributed by atoms with Gasteiger partial charge in [-0.1, -0.05) is 20.8 Å². The fourth-order valence-electron chi connectivity index (χ4n) is 1.68. The van der Waals surface area contributed by atoms with Crippen LogP contribution in [0.5, 0.6) is 0 Å². The number of hydrogen-bond acceptors (Lipinski definition) is 3.